The van der Waals surface area contributed by atoms with Crippen LogP contribution in [0, 0.1) is 17.6 Å². The predicted octanol–water partition coefficient (Wildman–Crippen LogP) is 1.89. The SMILES string of the molecule is CC(C)[C@H](C)NC(=O)CN(c1ccc(F)c(F)c1)S(C)(=O)=O. The molecule has 8 heteroatoms. The Morgan fingerprint density at radius 3 is 2.27 bits per heavy atom. The zero-order valence-corrected chi connectivity index (χ0v) is 13.7. The number of hydrogen-bond donors (Lipinski definition) is 1. The molecule has 0 radical (unpaired) electrons. The van der Waals surface area contributed by atoms with E-state index in [-0.39, 0.29) is 17.6 Å². The molecule has 0 unspecified atom stereocenters. The third-order valence-corrected chi connectivity index (χ3v) is 4.41. The predicted molar refractivity (Wildman–Crippen MR) is 81.0 cm³/mol. The van der Waals surface area contributed by atoms with E-state index < -0.39 is 34.1 Å². The van der Waals surface area contributed by atoms with Crippen molar-refractivity contribution in [1.29, 1.82) is 0 Å². The third-order valence-electron chi connectivity index (χ3n) is 3.27. The highest BCUT2D eigenvalue weighted by Gasteiger charge is 2.23. The summed E-state index contributed by atoms with van der Waals surface area (Å²) >= 11 is 0. The fourth-order valence-corrected chi connectivity index (χ4v) is 2.49. The van der Waals surface area contributed by atoms with Crippen LogP contribution >= 0.6 is 0 Å². The molecule has 1 N–H and O–H groups in total. The first-order valence-corrected chi connectivity index (χ1v) is 8.59. The summed E-state index contributed by atoms with van der Waals surface area (Å²) in [6.45, 7) is 5.12. The average molecular weight is 334 g/mol. The Morgan fingerprint density at radius 2 is 1.82 bits per heavy atom. The summed E-state index contributed by atoms with van der Waals surface area (Å²) in [5.74, 6) is -2.60. The van der Waals surface area contributed by atoms with E-state index in [0.29, 0.717) is 0 Å². The van der Waals surface area contributed by atoms with Gasteiger partial charge in [0.2, 0.25) is 15.9 Å². The lowest BCUT2D eigenvalue weighted by Gasteiger charge is -2.24. The standard InChI is InChI=1S/C14H20F2N2O3S/c1-9(2)10(3)17-14(19)8-18(22(4,20)21)11-5-6-12(15)13(16)7-11/h5-7,9-10H,8H2,1-4H3,(H,17,19)/t10-/m0/s1. The molecule has 1 aromatic rings. The van der Waals surface area contributed by atoms with Gasteiger partial charge in [-0.25, -0.2) is 17.2 Å². The number of nitrogens with zero attached hydrogens (tertiary/aromatic N) is 1. The van der Waals surface area contributed by atoms with Gasteiger partial charge in [0.05, 0.1) is 11.9 Å². The highest BCUT2D eigenvalue weighted by molar-refractivity contribution is 7.92. The van der Waals surface area contributed by atoms with Gasteiger partial charge in [0.1, 0.15) is 6.54 Å². The van der Waals surface area contributed by atoms with Crippen LogP contribution in [0.25, 0.3) is 0 Å². The Hall–Kier alpha value is -1.70. The van der Waals surface area contributed by atoms with E-state index in [2.05, 4.69) is 5.32 Å². The number of hydrogen-bond acceptors (Lipinski definition) is 3. The van der Waals surface area contributed by atoms with Gasteiger partial charge in [-0.15, -0.1) is 0 Å². The Labute approximate surface area is 129 Å². The molecule has 22 heavy (non-hydrogen) atoms. The summed E-state index contributed by atoms with van der Waals surface area (Å²) in [6.07, 6.45) is 0.896. The molecule has 1 rings (SSSR count). The van der Waals surface area contributed by atoms with Crippen molar-refractivity contribution in [2.45, 2.75) is 26.8 Å². The van der Waals surface area contributed by atoms with E-state index >= 15 is 0 Å². The lowest BCUT2D eigenvalue weighted by Crippen LogP contribution is -2.44. The summed E-state index contributed by atoms with van der Waals surface area (Å²) < 4.78 is 50.6. The van der Waals surface area contributed by atoms with Crippen molar-refractivity contribution in [2.75, 3.05) is 17.1 Å². The Morgan fingerprint density at radius 1 is 1.23 bits per heavy atom. The maximum absolute atomic E-state index is 13.3. The highest BCUT2D eigenvalue weighted by Crippen LogP contribution is 2.20. The lowest BCUT2D eigenvalue weighted by molar-refractivity contribution is -0.120. The van der Waals surface area contributed by atoms with Crippen LogP contribution in [-0.4, -0.2) is 33.2 Å². The first-order valence-electron chi connectivity index (χ1n) is 6.74. The van der Waals surface area contributed by atoms with Gasteiger partial charge in [0.15, 0.2) is 11.6 Å². The fraction of sp³-hybridized carbons (Fsp3) is 0.500. The van der Waals surface area contributed by atoms with Crippen LogP contribution < -0.4 is 9.62 Å². The molecule has 0 aliphatic heterocycles. The third kappa shape index (κ3) is 4.94. The van der Waals surface area contributed by atoms with E-state index in [1.54, 1.807) is 6.92 Å². The van der Waals surface area contributed by atoms with Crippen molar-refractivity contribution in [1.82, 2.24) is 5.32 Å². The molecule has 0 aliphatic carbocycles. The van der Waals surface area contributed by atoms with Crippen molar-refractivity contribution in [3.05, 3.63) is 29.8 Å². The number of benzene rings is 1. The van der Waals surface area contributed by atoms with E-state index in [4.69, 9.17) is 0 Å². The number of rotatable bonds is 6. The van der Waals surface area contributed by atoms with Crippen LogP contribution in [0.1, 0.15) is 20.8 Å². The molecular formula is C14H20F2N2O3S. The molecule has 0 spiro atoms. The van der Waals surface area contributed by atoms with Crippen LogP contribution in [0.5, 0.6) is 0 Å². The average Bonchev–Trinajstić information content (AvgIpc) is 2.38. The maximum Gasteiger partial charge on any atom is 0.240 e. The van der Waals surface area contributed by atoms with Gasteiger partial charge >= 0.3 is 0 Å². The fourth-order valence-electron chi connectivity index (χ4n) is 1.64. The first-order chi connectivity index (χ1) is 10.0. The molecule has 1 amide bonds. The molecule has 1 aromatic carbocycles. The number of carbonyl (C=O) groups is 1. The van der Waals surface area contributed by atoms with Crippen molar-refractivity contribution in [2.24, 2.45) is 5.92 Å². The lowest BCUT2D eigenvalue weighted by atomic mass is 10.1. The van der Waals surface area contributed by atoms with Gasteiger partial charge in [-0.1, -0.05) is 13.8 Å². The molecule has 1 atom stereocenters. The minimum Gasteiger partial charge on any atom is -0.352 e. The minimum atomic E-state index is -3.82. The smallest absolute Gasteiger partial charge is 0.240 e. The zero-order chi connectivity index (χ0) is 17.1. The van der Waals surface area contributed by atoms with E-state index in [9.17, 15) is 22.0 Å². The maximum atomic E-state index is 13.3. The van der Waals surface area contributed by atoms with Crippen LogP contribution in [0.3, 0.4) is 0 Å². The molecule has 0 aromatic heterocycles. The van der Waals surface area contributed by atoms with Crippen molar-refractivity contribution < 1.29 is 22.0 Å². The number of nitrogens with one attached hydrogen (secondary N) is 1. The summed E-state index contributed by atoms with van der Waals surface area (Å²) in [7, 11) is -3.82. The van der Waals surface area contributed by atoms with E-state index in [1.165, 1.54) is 0 Å². The van der Waals surface area contributed by atoms with Crippen LogP contribution in [0.15, 0.2) is 18.2 Å². The van der Waals surface area contributed by atoms with Crippen LogP contribution in [0.2, 0.25) is 0 Å². The molecule has 0 heterocycles. The monoisotopic (exact) mass is 334 g/mol. The van der Waals surface area contributed by atoms with Gasteiger partial charge in [-0.3, -0.25) is 9.10 Å². The summed E-state index contributed by atoms with van der Waals surface area (Å²) in [6, 6.07) is 2.53. The topological polar surface area (TPSA) is 66.5 Å². The second-order valence-corrected chi connectivity index (χ2v) is 7.38. The Balaban J connectivity index is 3.00. The Kier molecular flexibility index (Phi) is 5.87. The Bertz CT molecular complexity index is 647. The summed E-state index contributed by atoms with van der Waals surface area (Å²) in [5, 5.41) is 2.66. The van der Waals surface area contributed by atoms with E-state index in [0.717, 1.165) is 28.8 Å². The molecule has 0 aliphatic rings. The molecular weight excluding hydrogens is 314 g/mol. The van der Waals surface area contributed by atoms with Gasteiger partial charge in [0, 0.05) is 12.1 Å². The van der Waals surface area contributed by atoms with E-state index in [1.807, 2.05) is 13.8 Å². The van der Waals surface area contributed by atoms with Gasteiger partial charge in [-0.2, -0.15) is 0 Å². The number of sulfonamides is 1. The molecule has 5 nitrogen and oxygen atoms in total. The molecule has 0 saturated heterocycles. The van der Waals surface area contributed by atoms with Crippen molar-refractivity contribution in [3.8, 4) is 0 Å². The van der Waals surface area contributed by atoms with Gasteiger partial charge < -0.3 is 5.32 Å². The molecule has 0 bridgehead atoms. The molecule has 124 valence electrons. The molecule has 0 saturated carbocycles. The zero-order valence-electron chi connectivity index (χ0n) is 12.9. The second kappa shape index (κ2) is 7.04. The summed E-state index contributed by atoms with van der Waals surface area (Å²) in [5.41, 5.74) is -0.103. The van der Waals surface area contributed by atoms with Crippen molar-refractivity contribution in [3.63, 3.8) is 0 Å². The van der Waals surface area contributed by atoms with Crippen molar-refractivity contribution >= 4 is 21.6 Å². The normalized spacial score (nSPS) is 13.0. The summed E-state index contributed by atoms with van der Waals surface area (Å²) in [4.78, 5) is 12.0. The van der Waals surface area contributed by atoms with Crippen LogP contribution in [-0.2, 0) is 14.8 Å². The van der Waals surface area contributed by atoms with Gasteiger partial charge in [-0.05, 0) is 25.0 Å². The molecule has 0 fully saturated rings. The number of amides is 1. The highest BCUT2D eigenvalue weighted by atomic mass is 32.2. The second-order valence-electron chi connectivity index (χ2n) is 5.47. The number of halogens is 2. The largest absolute Gasteiger partial charge is 0.352 e. The van der Waals surface area contributed by atoms with Crippen LogP contribution in [0.4, 0.5) is 14.5 Å². The minimum absolute atomic E-state index is 0.103. The van der Waals surface area contributed by atoms with Gasteiger partial charge in [0.25, 0.3) is 0 Å². The first kappa shape index (κ1) is 18.3. The quantitative estimate of drug-likeness (QED) is 0.864. The number of carbonyl (C=O) groups excluding carboxylic acids is 1. The number of anilines is 1.